The fraction of sp³-hybridized carbons (Fsp3) is 0.389. The van der Waals surface area contributed by atoms with E-state index in [4.69, 9.17) is 16.3 Å². The molecule has 0 bridgehead atoms. The second-order valence-corrected chi connectivity index (χ2v) is 7.56. The third-order valence-corrected chi connectivity index (χ3v) is 5.56. The van der Waals surface area contributed by atoms with Gasteiger partial charge in [-0.15, -0.1) is 11.3 Å². The molecule has 4 nitrogen and oxygen atoms in total. The van der Waals surface area contributed by atoms with Crippen LogP contribution in [0.15, 0.2) is 36.4 Å². The van der Waals surface area contributed by atoms with Crippen LogP contribution in [0.2, 0.25) is 4.34 Å². The number of amides is 1. The number of ether oxygens (including phenoxy) is 1. The maximum atomic E-state index is 12.3. The highest BCUT2D eigenvalue weighted by atomic mass is 35.5. The van der Waals surface area contributed by atoms with E-state index >= 15 is 0 Å². The predicted molar refractivity (Wildman–Crippen MR) is 98.2 cm³/mol. The van der Waals surface area contributed by atoms with Crippen molar-refractivity contribution in [1.82, 2.24) is 10.2 Å². The third kappa shape index (κ3) is 4.09. The number of methoxy groups -OCH3 is 1. The Morgan fingerprint density at radius 2 is 1.96 bits per heavy atom. The van der Waals surface area contributed by atoms with Gasteiger partial charge in [0.05, 0.1) is 22.4 Å². The lowest BCUT2D eigenvalue weighted by Crippen LogP contribution is -2.36. The Labute approximate surface area is 151 Å². The number of carbonyl (C=O) groups is 1. The molecule has 24 heavy (non-hydrogen) atoms. The minimum Gasteiger partial charge on any atom is -0.497 e. The molecule has 3 rings (SSSR count). The molecule has 1 unspecified atom stereocenters. The number of halogens is 1. The zero-order valence-corrected chi connectivity index (χ0v) is 15.2. The first-order valence-electron chi connectivity index (χ1n) is 8.09. The number of nitrogens with one attached hydrogen (secondary N) is 1. The van der Waals surface area contributed by atoms with E-state index < -0.39 is 0 Å². The van der Waals surface area contributed by atoms with Crippen molar-refractivity contribution in [3.8, 4) is 5.75 Å². The highest BCUT2D eigenvalue weighted by Gasteiger charge is 2.24. The van der Waals surface area contributed by atoms with Gasteiger partial charge in [0.1, 0.15) is 5.75 Å². The summed E-state index contributed by atoms with van der Waals surface area (Å²) in [6.07, 6.45) is 2.42. The fourth-order valence-corrected chi connectivity index (χ4v) is 4.01. The van der Waals surface area contributed by atoms with Gasteiger partial charge in [-0.25, -0.2) is 0 Å². The maximum Gasteiger partial charge on any atom is 0.261 e. The van der Waals surface area contributed by atoms with Gasteiger partial charge in [0.15, 0.2) is 0 Å². The van der Waals surface area contributed by atoms with Crippen molar-refractivity contribution >= 4 is 28.8 Å². The monoisotopic (exact) mass is 364 g/mol. The minimum absolute atomic E-state index is 0.0652. The van der Waals surface area contributed by atoms with Crippen molar-refractivity contribution in [3.05, 3.63) is 51.2 Å². The molecule has 0 radical (unpaired) electrons. The van der Waals surface area contributed by atoms with E-state index in [1.54, 1.807) is 19.2 Å². The largest absolute Gasteiger partial charge is 0.497 e. The van der Waals surface area contributed by atoms with Crippen LogP contribution in [-0.4, -0.2) is 37.6 Å². The van der Waals surface area contributed by atoms with Gasteiger partial charge in [-0.2, -0.15) is 0 Å². The summed E-state index contributed by atoms with van der Waals surface area (Å²) in [5.41, 5.74) is 1.20. The number of nitrogens with zero attached hydrogens (tertiary/aromatic N) is 1. The van der Waals surface area contributed by atoms with Crippen molar-refractivity contribution in [2.75, 3.05) is 26.7 Å². The van der Waals surface area contributed by atoms with Crippen LogP contribution in [0.4, 0.5) is 0 Å². The summed E-state index contributed by atoms with van der Waals surface area (Å²) in [5.74, 6) is 0.779. The van der Waals surface area contributed by atoms with Gasteiger partial charge in [-0.05, 0) is 55.8 Å². The molecule has 0 saturated carbocycles. The highest BCUT2D eigenvalue weighted by molar-refractivity contribution is 7.17. The molecule has 1 N–H and O–H groups in total. The van der Waals surface area contributed by atoms with E-state index in [1.165, 1.54) is 29.7 Å². The van der Waals surface area contributed by atoms with Gasteiger partial charge >= 0.3 is 0 Å². The van der Waals surface area contributed by atoms with Gasteiger partial charge in [-0.1, -0.05) is 23.7 Å². The van der Waals surface area contributed by atoms with Crippen molar-refractivity contribution in [3.63, 3.8) is 0 Å². The number of benzene rings is 1. The van der Waals surface area contributed by atoms with Crippen LogP contribution in [0.3, 0.4) is 0 Å². The number of hydrogen-bond acceptors (Lipinski definition) is 4. The van der Waals surface area contributed by atoms with E-state index in [-0.39, 0.29) is 11.9 Å². The van der Waals surface area contributed by atoms with Crippen LogP contribution in [0.25, 0.3) is 0 Å². The summed E-state index contributed by atoms with van der Waals surface area (Å²) in [7, 11) is 1.67. The summed E-state index contributed by atoms with van der Waals surface area (Å²) in [5, 5.41) is 3.06. The second-order valence-electron chi connectivity index (χ2n) is 5.85. The number of carbonyl (C=O) groups excluding carboxylic acids is 1. The number of likely N-dealkylation sites (tertiary alicyclic amines) is 1. The molecule has 1 aliphatic rings. The summed E-state index contributed by atoms with van der Waals surface area (Å²) in [4.78, 5) is 15.4. The van der Waals surface area contributed by atoms with Gasteiger partial charge in [0.25, 0.3) is 5.91 Å². The number of hydrogen-bond donors (Lipinski definition) is 1. The molecule has 128 valence electrons. The second kappa shape index (κ2) is 8.01. The van der Waals surface area contributed by atoms with Crippen LogP contribution in [-0.2, 0) is 0 Å². The van der Waals surface area contributed by atoms with E-state index in [9.17, 15) is 4.79 Å². The first-order valence-corrected chi connectivity index (χ1v) is 9.28. The average Bonchev–Trinajstić information content (AvgIpc) is 3.27. The lowest BCUT2D eigenvalue weighted by molar-refractivity contribution is 0.0942. The first-order chi connectivity index (χ1) is 11.7. The smallest absolute Gasteiger partial charge is 0.261 e. The molecule has 1 saturated heterocycles. The van der Waals surface area contributed by atoms with E-state index in [1.807, 2.05) is 12.1 Å². The maximum absolute atomic E-state index is 12.3. The van der Waals surface area contributed by atoms with Crippen molar-refractivity contribution < 1.29 is 9.53 Å². The van der Waals surface area contributed by atoms with Crippen LogP contribution < -0.4 is 10.1 Å². The molecular weight excluding hydrogens is 344 g/mol. The van der Waals surface area contributed by atoms with Gasteiger partial charge in [0, 0.05) is 6.54 Å². The molecule has 1 fully saturated rings. The molecule has 2 aromatic rings. The molecule has 2 heterocycles. The van der Waals surface area contributed by atoms with E-state index in [0.717, 1.165) is 18.8 Å². The highest BCUT2D eigenvalue weighted by Crippen LogP contribution is 2.27. The Morgan fingerprint density at radius 3 is 2.54 bits per heavy atom. The van der Waals surface area contributed by atoms with Gasteiger partial charge in [0.2, 0.25) is 0 Å². The molecule has 1 aromatic carbocycles. The van der Waals surface area contributed by atoms with Crippen LogP contribution in [0.5, 0.6) is 5.75 Å². The summed E-state index contributed by atoms with van der Waals surface area (Å²) in [6, 6.07) is 11.8. The van der Waals surface area contributed by atoms with Gasteiger partial charge in [-0.3, -0.25) is 9.69 Å². The summed E-state index contributed by atoms with van der Waals surface area (Å²) in [6.45, 7) is 2.72. The quantitative estimate of drug-likeness (QED) is 0.843. The zero-order valence-electron chi connectivity index (χ0n) is 13.6. The van der Waals surface area contributed by atoms with Gasteiger partial charge < -0.3 is 10.1 Å². The lowest BCUT2D eigenvalue weighted by Gasteiger charge is -2.28. The molecule has 1 aliphatic heterocycles. The van der Waals surface area contributed by atoms with Crippen LogP contribution in [0.1, 0.15) is 34.1 Å². The van der Waals surface area contributed by atoms with Crippen LogP contribution in [0, 0.1) is 0 Å². The standard InChI is InChI=1S/C18H21ClN2O2S/c1-23-14-6-4-13(5-7-14)15(21-10-2-3-11-21)12-20-18(22)16-8-9-17(19)24-16/h4-9,15H,2-3,10-12H2,1H3,(H,20,22). The molecule has 1 aromatic heterocycles. The molecule has 1 atom stereocenters. The Morgan fingerprint density at radius 1 is 1.25 bits per heavy atom. The predicted octanol–water partition coefficient (Wildman–Crippen LogP) is 3.98. The van der Waals surface area contributed by atoms with E-state index in [0.29, 0.717) is 15.8 Å². The van der Waals surface area contributed by atoms with Crippen molar-refractivity contribution in [1.29, 1.82) is 0 Å². The Hall–Kier alpha value is -1.56. The average molecular weight is 365 g/mol. The molecule has 0 aliphatic carbocycles. The fourth-order valence-electron chi connectivity index (χ4n) is 3.05. The Bertz CT molecular complexity index is 681. The number of rotatable bonds is 6. The van der Waals surface area contributed by atoms with Crippen LogP contribution >= 0.6 is 22.9 Å². The molecule has 6 heteroatoms. The first kappa shape index (κ1) is 17.3. The Balaban J connectivity index is 1.71. The SMILES string of the molecule is COc1ccc(C(CNC(=O)c2ccc(Cl)s2)N2CCCC2)cc1. The summed E-state index contributed by atoms with van der Waals surface area (Å²) < 4.78 is 5.87. The third-order valence-electron chi connectivity index (χ3n) is 4.33. The van der Waals surface area contributed by atoms with E-state index in [2.05, 4.69) is 22.3 Å². The Kier molecular flexibility index (Phi) is 5.76. The molecular formula is C18H21ClN2O2S. The molecule has 1 amide bonds. The number of thiophene rings is 1. The van der Waals surface area contributed by atoms with Crippen molar-refractivity contribution in [2.24, 2.45) is 0 Å². The minimum atomic E-state index is -0.0652. The summed E-state index contributed by atoms with van der Waals surface area (Å²) >= 11 is 7.22. The lowest BCUT2D eigenvalue weighted by atomic mass is 10.1. The zero-order chi connectivity index (χ0) is 16.9. The molecule has 0 spiro atoms. The normalized spacial score (nSPS) is 16.1. The topological polar surface area (TPSA) is 41.6 Å². The van der Waals surface area contributed by atoms with Crippen molar-refractivity contribution in [2.45, 2.75) is 18.9 Å².